The standard InChI is InChI=1S/C15H17FN4OS/c1-22-14-7-6-13(19-20-14)18-9-11(15(17)21)8-10-2-4-12(16)5-3-10/h2-7,11H,8-9H2,1H3,(H2,17,21)(H,18,19). The van der Waals surface area contributed by atoms with Crippen LogP contribution >= 0.6 is 11.8 Å². The van der Waals surface area contributed by atoms with E-state index in [9.17, 15) is 9.18 Å². The molecule has 1 atom stereocenters. The molecule has 1 heterocycles. The number of nitrogens with zero attached hydrogens (tertiary/aromatic N) is 2. The van der Waals surface area contributed by atoms with E-state index in [1.807, 2.05) is 12.3 Å². The summed E-state index contributed by atoms with van der Waals surface area (Å²) in [6.07, 6.45) is 2.36. The van der Waals surface area contributed by atoms with Gasteiger partial charge in [0.1, 0.15) is 16.7 Å². The van der Waals surface area contributed by atoms with Crippen molar-refractivity contribution in [3.05, 3.63) is 47.8 Å². The molecule has 1 unspecified atom stereocenters. The average molecular weight is 320 g/mol. The van der Waals surface area contributed by atoms with E-state index in [2.05, 4.69) is 15.5 Å². The highest BCUT2D eigenvalue weighted by Crippen LogP contribution is 2.13. The quantitative estimate of drug-likeness (QED) is 0.764. The number of halogens is 1. The Balaban J connectivity index is 1.96. The summed E-state index contributed by atoms with van der Waals surface area (Å²) < 4.78 is 12.9. The van der Waals surface area contributed by atoms with Gasteiger partial charge in [0.05, 0.1) is 5.92 Å². The van der Waals surface area contributed by atoms with Crippen LogP contribution in [0.2, 0.25) is 0 Å². The zero-order valence-corrected chi connectivity index (χ0v) is 12.9. The average Bonchev–Trinajstić information content (AvgIpc) is 2.53. The van der Waals surface area contributed by atoms with Gasteiger partial charge in [0.25, 0.3) is 0 Å². The number of aromatic nitrogens is 2. The molecule has 2 rings (SSSR count). The van der Waals surface area contributed by atoms with Crippen LogP contribution in [0.4, 0.5) is 10.2 Å². The van der Waals surface area contributed by atoms with Crippen molar-refractivity contribution in [2.45, 2.75) is 11.4 Å². The molecule has 116 valence electrons. The number of primary amides is 1. The Bertz CT molecular complexity index is 618. The van der Waals surface area contributed by atoms with Crippen molar-refractivity contribution >= 4 is 23.5 Å². The van der Waals surface area contributed by atoms with Crippen LogP contribution in [0.15, 0.2) is 41.4 Å². The van der Waals surface area contributed by atoms with E-state index >= 15 is 0 Å². The number of nitrogens with one attached hydrogen (secondary N) is 1. The number of hydrogen-bond donors (Lipinski definition) is 2. The molecule has 1 aromatic heterocycles. The zero-order chi connectivity index (χ0) is 15.9. The normalized spacial score (nSPS) is 11.9. The number of amides is 1. The third-order valence-corrected chi connectivity index (χ3v) is 3.81. The van der Waals surface area contributed by atoms with Gasteiger partial charge in [-0.25, -0.2) is 4.39 Å². The van der Waals surface area contributed by atoms with E-state index in [1.54, 1.807) is 18.2 Å². The summed E-state index contributed by atoms with van der Waals surface area (Å²) in [5.74, 6) is -0.539. The SMILES string of the molecule is CSc1ccc(NCC(Cc2ccc(F)cc2)C(N)=O)nn1. The van der Waals surface area contributed by atoms with Crippen LogP contribution in [0.25, 0.3) is 0 Å². The second kappa shape index (κ2) is 7.74. The van der Waals surface area contributed by atoms with Crippen LogP contribution in [-0.4, -0.2) is 28.9 Å². The number of thioether (sulfide) groups is 1. The molecule has 0 spiro atoms. The predicted molar refractivity (Wildman–Crippen MR) is 85.1 cm³/mol. The Morgan fingerprint density at radius 1 is 1.27 bits per heavy atom. The second-order valence-corrected chi connectivity index (χ2v) is 5.60. The molecule has 7 heteroatoms. The first-order valence-corrected chi connectivity index (χ1v) is 7.96. The van der Waals surface area contributed by atoms with Gasteiger partial charge in [-0.3, -0.25) is 4.79 Å². The Morgan fingerprint density at radius 2 is 2.00 bits per heavy atom. The van der Waals surface area contributed by atoms with Crippen LogP contribution in [0.5, 0.6) is 0 Å². The maximum Gasteiger partial charge on any atom is 0.222 e. The third kappa shape index (κ3) is 4.70. The Kier molecular flexibility index (Phi) is 5.71. The van der Waals surface area contributed by atoms with Crippen molar-refractivity contribution in [2.24, 2.45) is 11.7 Å². The molecule has 0 bridgehead atoms. The van der Waals surface area contributed by atoms with Crippen LogP contribution in [0, 0.1) is 11.7 Å². The van der Waals surface area contributed by atoms with Crippen LogP contribution in [-0.2, 0) is 11.2 Å². The van der Waals surface area contributed by atoms with Crippen molar-refractivity contribution in [3.63, 3.8) is 0 Å². The van der Waals surface area contributed by atoms with Gasteiger partial charge in [-0.2, -0.15) is 0 Å². The maximum atomic E-state index is 12.9. The second-order valence-electron chi connectivity index (χ2n) is 4.77. The fraction of sp³-hybridized carbons (Fsp3) is 0.267. The third-order valence-electron chi connectivity index (χ3n) is 3.18. The number of carbonyl (C=O) groups excluding carboxylic acids is 1. The summed E-state index contributed by atoms with van der Waals surface area (Å²) >= 11 is 1.50. The van der Waals surface area contributed by atoms with E-state index < -0.39 is 11.8 Å². The summed E-state index contributed by atoms with van der Waals surface area (Å²) in [5, 5.41) is 11.9. The van der Waals surface area contributed by atoms with Gasteiger partial charge in [-0.1, -0.05) is 12.1 Å². The predicted octanol–water partition coefficient (Wildman–Crippen LogP) is 2.09. The number of hydrogen-bond acceptors (Lipinski definition) is 5. The van der Waals surface area contributed by atoms with Gasteiger partial charge < -0.3 is 11.1 Å². The molecular formula is C15H17FN4OS. The number of carbonyl (C=O) groups is 1. The van der Waals surface area contributed by atoms with E-state index in [0.717, 1.165) is 10.6 Å². The summed E-state index contributed by atoms with van der Waals surface area (Å²) in [5.41, 5.74) is 6.29. The van der Waals surface area contributed by atoms with Gasteiger partial charge in [0.2, 0.25) is 5.91 Å². The summed E-state index contributed by atoms with van der Waals surface area (Å²) in [7, 11) is 0. The maximum absolute atomic E-state index is 12.9. The smallest absolute Gasteiger partial charge is 0.222 e. The lowest BCUT2D eigenvalue weighted by Gasteiger charge is -2.14. The minimum atomic E-state index is -0.412. The molecule has 1 amide bonds. The molecule has 0 radical (unpaired) electrons. The van der Waals surface area contributed by atoms with Gasteiger partial charge in [0.15, 0.2) is 0 Å². The highest BCUT2D eigenvalue weighted by molar-refractivity contribution is 7.98. The first-order chi connectivity index (χ1) is 10.6. The minimum Gasteiger partial charge on any atom is -0.369 e. The molecule has 0 saturated heterocycles. The van der Waals surface area contributed by atoms with Crippen molar-refractivity contribution in [3.8, 4) is 0 Å². The van der Waals surface area contributed by atoms with E-state index in [1.165, 1.54) is 23.9 Å². The fourth-order valence-corrected chi connectivity index (χ4v) is 2.26. The van der Waals surface area contributed by atoms with Crippen LogP contribution < -0.4 is 11.1 Å². The lowest BCUT2D eigenvalue weighted by atomic mass is 9.98. The molecule has 0 aliphatic rings. The summed E-state index contributed by atoms with van der Waals surface area (Å²) in [6.45, 7) is 0.347. The van der Waals surface area contributed by atoms with E-state index in [4.69, 9.17) is 5.73 Å². The van der Waals surface area contributed by atoms with E-state index in [0.29, 0.717) is 18.8 Å². The lowest BCUT2D eigenvalue weighted by Crippen LogP contribution is -2.31. The summed E-state index contributed by atoms with van der Waals surface area (Å²) in [6, 6.07) is 9.69. The zero-order valence-electron chi connectivity index (χ0n) is 12.1. The summed E-state index contributed by atoms with van der Waals surface area (Å²) in [4.78, 5) is 11.6. The van der Waals surface area contributed by atoms with Gasteiger partial charge >= 0.3 is 0 Å². The number of benzene rings is 1. The Morgan fingerprint density at radius 3 is 2.55 bits per heavy atom. The van der Waals surface area contributed by atoms with Gasteiger partial charge in [-0.15, -0.1) is 22.0 Å². The monoisotopic (exact) mass is 320 g/mol. The highest BCUT2D eigenvalue weighted by atomic mass is 32.2. The highest BCUT2D eigenvalue weighted by Gasteiger charge is 2.16. The number of rotatable bonds is 7. The molecule has 1 aromatic carbocycles. The first kappa shape index (κ1) is 16.2. The van der Waals surface area contributed by atoms with Gasteiger partial charge in [0, 0.05) is 6.54 Å². The minimum absolute atomic E-state index is 0.304. The fourth-order valence-electron chi connectivity index (χ4n) is 1.93. The van der Waals surface area contributed by atoms with Crippen molar-refractivity contribution in [1.82, 2.24) is 10.2 Å². The van der Waals surface area contributed by atoms with Crippen molar-refractivity contribution in [2.75, 3.05) is 18.1 Å². The molecule has 0 aliphatic carbocycles. The van der Waals surface area contributed by atoms with Gasteiger partial charge in [-0.05, 0) is 42.5 Å². The first-order valence-electron chi connectivity index (χ1n) is 6.74. The van der Waals surface area contributed by atoms with E-state index in [-0.39, 0.29) is 5.82 Å². The molecule has 0 fully saturated rings. The molecule has 22 heavy (non-hydrogen) atoms. The Labute approximate surface area is 132 Å². The number of anilines is 1. The molecular weight excluding hydrogens is 303 g/mol. The molecule has 0 aliphatic heterocycles. The topological polar surface area (TPSA) is 80.9 Å². The lowest BCUT2D eigenvalue weighted by molar-refractivity contribution is -0.121. The molecule has 0 saturated carbocycles. The van der Waals surface area contributed by atoms with Crippen molar-refractivity contribution < 1.29 is 9.18 Å². The molecule has 5 nitrogen and oxygen atoms in total. The Hall–Kier alpha value is -2.15. The molecule has 3 N–H and O–H groups in total. The largest absolute Gasteiger partial charge is 0.369 e. The van der Waals surface area contributed by atoms with Crippen LogP contribution in [0.3, 0.4) is 0 Å². The molecule has 2 aromatic rings. The van der Waals surface area contributed by atoms with Crippen LogP contribution in [0.1, 0.15) is 5.56 Å². The number of nitrogens with two attached hydrogens (primary N) is 1. The van der Waals surface area contributed by atoms with Crippen molar-refractivity contribution in [1.29, 1.82) is 0 Å².